The molecule has 1 fully saturated rings. The van der Waals surface area contributed by atoms with E-state index in [-0.39, 0.29) is 11.8 Å². The van der Waals surface area contributed by atoms with Gasteiger partial charge in [0.25, 0.3) is 0 Å². The molecule has 7 heteroatoms. The molecule has 0 saturated carbocycles. The molecule has 6 nitrogen and oxygen atoms in total. The first-order chi connectivity index (χ1) is 12.6. The third-order valence-electron chi connectivity index (χ3n) is 4.36. The van der Waals surface area contributed by atoms with Crippen molar-refractivity contribution in [3.05, 3.63) is 29.8 Å². The van der Waals surface area contributed by atoms with E-state index in [1.165, 1.54) is 23.0 Å². The van der Waals surface area contributed by atoms with Crippen LogP contribution < -0.4 is 10.2 Å². The largest absolute Gasteiger partial charge is 0.378 e. The van der Waals surface area contributed by atoms with Crippen LogP contribution in [-0.2, 0) is 14.3 Å². The molecule has 0 radical (unpaired) electrons. The lowest BCUT2D eigenvalue weighted by molar-refractivity contribution is -0.132. The van der Waals surface area contributed by atoms with Gasteiger partial charge in [-0.1, -0.05) is 18.2 Å². The lowest BCUT2D eigenvalue weighted by Gasteiger charge is -2.26. The fraction of sp³-hybridized carbons (Fsp3) is 0.579. The highest BCUT2D eigenvalue weighted by atomic mass is 32.2. The summed E-state index contributed by atoms with van der Waals surface area (Å²) in [6.45, 7) is 8.97. The van der Waals surface area contributed by atoms with Gasteiger partial charge in [-0.3, -0.25) is 9.59 Å². The Labute approximate surface area is 160 Å². The topological polar surface area (TPSA) is 61.9 Å². The number of likely N-dealkylation sites (N-methyl/N-ethyl adjacent to an activating group) is 1. The molecule has 26 heavy (non-hydrogen) atoms. The zero-order valence-corrected chi connectivity index (χ0v) is 16.5. The van der Waals surface area contributed by atoms with Crippen molar-refractivity contribution < 1.29 is 14.3 Å². The number of carbonyl (C=O) groups excluding carboxylic acids is 2. The number of rotatable bonds is 9. The number of aryl methyl sites for hydroxylation is 1. The number of hydrogen-bond acceptors (Lipinski definition) is 5. The molecule has 0 unspecified atom stereocenters. The molecule has 144 valence electrons. The summed E-state index contributed by atoms with van der Waals surface area (Å²) in [6, 6.07) is 8.27. The van der Waals surface area contributed by atoms with Crippen molar-refractivity contribution in [3.63, 3.8) is 0 Å². The van der Waals surface area contributed by atoms with Crippen molar-refractivity contribution in [2.45, 2.75) is 13.8 Å². The van der Waals surface area contributed by atoms with Gasteiger partial charge in [-0.15, -0.1) is 11.8 Å². The maximum atomic E-state index is 12.0. The van der Waals surface area contributed by atoms with E-state index in [1.807, 2.05) is 12.1 Å². The molecule has 1 N–H and O–H groups in total. The number of ether oxygens (including phenoxy) is 1. The SMILES string of the molecule is CCN(CCNC(=O)CSCC(=O)N1CCOCC1)c1ccccc1C. The first-order valence-electron chi connectivity index (χ1n) is 9.12. The number of amides is 2. The summed E-state index contributed by atoms with van der Waals surface area (Å²) in [5, 5.41) is 2.94. The Morgan fingerprint density at radius 2 is 1.96 bits per heavy atom. The van der Waals surface area contributed by atoms with Gasteiger partial charge in [0.05, 0.1) is 24.7 Å². The van der Waals surface area contributed by atoms with Gasteiger partial charge in [0.2, 0.25) is 11.8 Å². The van der Waals surface area contributed by atoms with Gasteiger partial charge in [-0.25, -0.2) is 0 Å². The average molecular weight is 380 g/mol. The van der Waals surface area contributed by atoms with Gasteiger partial charge in [-0.2, -0.15) is 0 Å². The summed E-state index contributed by atoms with van der Waals surface area (Å²) in [7, 11) is 0. The molecule has 1 aromatic carbocycles. The quantitative estimate of drug-likeness (QED) is 0.705. The minimum Gasteiger partial charge on any atom is -0.378 e. The van der Waals surface area contributed by atoms with Crippen LogP contribution in [0.2, 0.25) is 0 Å². The molecule has 0 aliphatic carbocycles. The van der Waals surface area contributed by atoms with Crippen LogP contribution in [0.4, 0.5) is 5.69 Å². The molecule has 2 rings (SSSR count). The summed E-state index contributed by atoms with van der Waals surface area (Å²) in [5.74, 6) is 0.720. The molecule has 2 amide bonds. The third kappa shape index (κ3) is 6.53. The highest BCUT2D eigenvalue weighted by molar-refractivity contribution is 8.00. The Bertz CT molecular complexity index is 591. The van der Waals surface area contributed by atoms with Crippen LogP contribution in [0.15, 0.2) is 24.3 Å². The Morgan fingerprint density at radius 3 is 2.65 bits per heavy atom. The Morgan fingerprint density at radius 1 is 1.23 bits per heavy atom. The van der Waals surface area contributed by atoms with Crippen LogP contribution in [0.25, 0.3) is 0 Å². The standard InChI is InChI=1S/C19H29N3O3S/c1-3-21(17-7-5-4-6-16(17)2)9-8-20-18(23)14-26-15-19(24)22-10-12-25-13-11-22/h4-7H,3,8-15H2,1-2H3,(H,20,23). The van der Waals surface area contributed by atoms with Gasteiger partial charge < -0.3 is 19.9 Å². The molecule has 0 atom stereocenters. The van der Waals surface area contributed by atoms with Crippen LogP contribution in [0.3, 0.4) is 0 Å². The Kier molecular flexibility index (Phi) is 8.77. The summed E-state index contributed by atoms with van der Waals surface area (Å²) >= 11 is 1.37. The van der Waals surface area contributed by atoms with E-state index >= 15 is 0 Å². The second-order valence-electron chi connectivity index (χ2n) is 6.20. The fourth-order valence-electron chi connectivity index (χ4n) is 2.88. The van der Waals surface area contributed by atoms with Gasteiger partial charge in [0.15, 0.2) is 0 Å². The number of thioether (sulfide) groups is 1. The molecular weight excluding hydrogens is 350 g/mol. The second-order valence-corrected chi connectivity index (χ2v) is 7.19. The van der Waals surface area contributed by atoms with Crippen molar-refractivity contribution in [1.82, 2.24) is 10.2 Å². The molecular formula is C19H29N3O3S. The molecule has 1 aliphatic heterocycles. The van der Waals surface area contributed by atoms with E-state index in [9.17, 15) is 9.59 Å². The van der Waals surface area contributed by atoms with Gasteiger partial charge in [0.1, 0.15) is 0 Å². The van der Waals surface area contributed by atoms with E-state index in [1.54, 1.807) is 4.90 Å². The molecule has 0 spiro atoms. The van der Waals surface area contributed by atoms with E-state index in [2.05, 4.69) is 36.2 Å². The molecule has 1 aliphatic rings. The summed E-state index contributed by atoms with van der Waals surface area (Å²) in [6.07, 6.45) is 0. The van der Waals surface area contributed by atoms with Gasteiger partial charge >= 0.3 is 0 Å². The van der Waals surface area contributed by atoms with Crippen LogP contribution in [0, 0.1) is 6.92 Å². The number of anilines is 1. The van der Waals surface area contributed by atoms with Gasteiger partial charge in [-0.05, 0) is 25.5 Å². The number of hydrogen-bond donors (Lipinski definition) is 1. The minimum atomic E-state index is -0.0226. The van der Waals surface area contributed by atoms with Crippen molar-refractivity contribution in [3.8, 4) is 0 Å². The molecule has 1 heterocycles. The predicted molar refractivity (Wildman–Crippen MR) is 107 cm³/mol. The van der Waals surface area contributed by atoms with Crippen LogP contribution >= 0.6 is 11.8 Å². The van der Waals surface area contributed by atoms with Crippen molar-refractivity contribution in [1.29, 1.82) is 0 Å². The smallest absolute Gasteiger partial charge is 0.232 e. The second kappa shape index (κ2) is 11.1. The summed E-state index contributed by atoms with van der Waals surface area (Å²) < 4.78 is 5.24. The first-order valence-corrected chi connectivity index (χ1v) is 10.3. The molecule has 0 aromatic heterocycles. The summed E-state index contributed by atoms with van der Waals surface area (Å²) in [5.41, 5.74) is 2.44. The fourth-order valence-corrected chi connectivity index (χ4v) is 3.63. The highest BCUT2D eigenvalue weighted by Crippen LogP contribution is 2.18. The van der Waals surface area contributed by atoms with Crippen LogP contribution in [0.1, 0.15) is 12.5 Å². The molecule has 1 saturated heterocycles. The zero-order valence-electron chi connectivity index (χ0n) is 15.7. The number of carbonyl (C=O) groups is 2. The normalized spacial score (nSPS) is 14.2. The average Bonchev–Trinajstić information content (AvgIpc) is 2.66. The molecule has 0 bridgehead atoms. The third-order valence-corrected chi connectivity index (χ3v) is 5.28. The number of morpholine rings is 1. The van der Waals surface area contributed by atoms with Crippen molar-refractivity contribution in [2.75, 3.05) is 62.3 Å². The number of benzene rings is 1. The summed E-state index contributed by atoms with van der Waals surface area (Å²) in [4.78, 5) is 28.1. The highest BCUT2D eigenvalue weighted by Gasteiger charge is 2.17. The first kappa shape index (κ1) is 20.6. The zero-order chi connectivity index (χ0) is 18.8. The van der Waals surface area contributed by atoms with Crippen LogP contribution in [0.5, 0.6) is 0 Å². The lowest BCUT2D eigenvalue weighted by atomic mass is 10.2. The maximum absolute atomic E-state index is 12.0. The molecule has 1 aromatic rings. The van der Waals surface area contributed by atoms with Crippen molar-refractivity contribution >= 4 is 29.3 Å². The predicted octanol–water partition coefficient (Wildman–Crippen LogP) is 1.53. The monoisotopic (exact) mass is 379 g/mol. The minimum absolute atomic E-state index is 0.0226. The van der Waals surface area contributed by atoms with E-state index in [4.69, 9.17) is 4.74 Å². The Balaban J connectivity index is 1.63. The van der Waals surface area contributed by atoms with Crippen LogP contribution in [-0.4, -0.2) is 74.2 Å². The van der Waals surface area contributed by atoms with E-state index in [0.717, 1.165) is 13.1 Å². The van der Waals surface area contributed by atoms with E-state index < -0.39 is 0 Å². The lowest BCUT2D eigenvalue weighted by Crippen LogP contribution is -2.41. The number of nitrogens with one attached hydrogen (secondary N) is 1. The number of para-hydroxylation sites is 1. The maximum Gasteiger partial charge on any atom is 0.232 e. The van der Waals surface area contributed by atoms with Crippen molar-refractivity contribution in [2.24, 2.45) is 0 Å². The number of nitrogens with zero attached hydrogens (tertiary/aromatic N) is 2. The van der Waals surface area contributed by atoms with Gasteiger partial charge in [0, 0.05) is 38.4 Å². The van der Waals surface area contributed by atoms with E-state index in [0.29, 0.717) is 44.4 Å². The Hall–Kier alpha value is -1.73.